The number of nitrogens with zero attached hydrogens (tertiary/aromatic N) is 1. The van der Waals surface area contributed by atoms with Gasteiger partial charge in [-0.25, -0.2) is 0 Å². The van der Waals surface area contributed by atoms with E-state index >= 15 is 0 Å². The Bertz CT molecular complexity index is 780. The molecule has 2 nitrogen and oxygen atoms in total. The summed E-state index contributed by atoms with van der Waals surface area (Å²) >= 11 is 1.81. The molecule has 4 rings (SSSR count). The number of hydrogen-bond donors (Lipinski definition) is 0. The van der Waals surface area contributed by atoms with Gasteiger partial charge in [-0.3, -0.25) is 4.90 Å². The second kappa shape index (κ2) is 6.29. The third-order valence-corrected chi connectivity index (χ3v) is 5.06. The van der Waals surface area contributed by atoms with Gasteiger partial charge in [-0.15, -0.1) is 23.7 Å². The second-order valence-corrected chi connectivity index (χ2v) is 6.54. The van der Waals surface area contributed by atoms with Crippen LogP contribution in [0, 0.1) is 0 Å². The molecule has 0 aliphatic carbocycles. The molecule has 0 saturated carbocycles. The Morgan fingerprint density at radius 1 is 1.09 bits per heavy atom. The molecule has 1 aliphatic heterocycles. The number of fused-ring (bicyclic) bond motifs is 2. The number of halogens is 1. The molecular weight excluding hydrogens is 314 g/mol. The van der Waals surface area contributed by atoms with E-state index in [1.807, 2.05) is 11.3 Å². The van der Waals surface area contributed by atoms with E-state index in [4.69, 9.17) is 4.74 Å². The van der Waals surface area contributed by atoms with Crippen molar-refractivity contribution >= 4 is 34.5 Å². The van der Waals surface area contributed by atoms with Crippen molar-refractivity contribution in [3.63, 3.8) is 0 Å². The Morgan fingerprint density at radius 3 is 2.82 bits per heavy atom. The number of hydrogen-bond acceptors (Lipinski definition) is 3. The maximum Gasteiger partial charge on any atom is 0.146 e. The summed E-state index contributed by atoms with van der Waals surface area (Å²) < 4.78 is 6.39. The van der Waals surface area contributed by atoms with Crippen LogP contribution in [0.25, 0.3) is 10.8 Å². The molecule has 1 aliphatic rings. The molecule has 0 bridgehead atoms. The average Bonchev–Trinajstić information content (AvgIpc) is 2.96. The minimum absolute atomic E-state index is 0. The van der Waals surface area contributed by atoms with Crippen LogP contribution in [0.4, 0.5) is 0 Å². The fourth-order valence-corrected chi connectivity index (χ4v) is 3.96. The van der Waals surface area contributed by atoms with E-state index in [1.165, 1.54) is 21.2 Å². The van der Waals surface area contributed by atoms with Crippen molar-refractivity contribution in [2.45, 2.75) is 12.6 Å². The zero-order valence-electron chi connectivity index (χ0n) is 12.4. The normalized spacial score (nSPS) is 17.8. The fraction of sp³-hybridized carbons (Fsp3) is 0.222. The number of likely N-dealkylation sites (N-methyl/N-ethyl adjacent to an activating group) is 1. The van der Waals surface area contributed by atoms with Crippen molar-refractivity contribution in [1.29, 1.82) is 0 Å². The van der Waals surface area contributed by atoms with E-state index in [9.17, 15) is 0 Å². The lowest BCUT2D eigenvalue weighted by Gasteiger charge is -2.30. The van der Waals surface area contributed by atoms with Gasteiger partial charge < -0.3 is 4.74 Å². The molecule has 114 valence electrons. The summed E-state index contributed by atoms with van der Waals surface area (Å²) in [5.41, 5.74) is 1.40. The highest BCUT2D eigenvalue weighted by Crippen LogP contribution is 2.36. The highest BCUT2D eigenvalue weighted by Gasteiger charge is 2.26. The summed E-state index contributed by atoms with van der Waals surface area (Å²) in [6.45, 7) is 1.96. The van der Waals surface area contributed by atoms with E-state index in [-0.39, 0.29) is 18.5 Å². The maximum absolute atomic E-state index is 6.39. The Labute approximate surface area is 140 Å². The quantitative estimate of drug-likeness (QED) is 0.663. The first-order chi connectivity index (χ1) is 10.3. The minimum atomic E-state index is 0. The SMILES string of the molecule is CN1Cc2ccsc2C(Oc2cccc3ccccc23)C1.Cl. The van der Waals surface area contributed by atoms with Gasteiger partial charge in [0.1, 0.15) is 11.9 Å². The number of ether oxygens (including phenoxy) is 1. The van der Waals surface area contributed by atoms with Gasteiger partial charge in [0, 0.05) is 18.5 Å². The van der Waals surface area contributed by atoms with Gasteiger partial charge in [-0.1, -0.05) is 36.4 Å². The molecule has 0 N–H and O–H groups in total. The summed E-state index contributed by atoms with van der Waals surface area (Å²) in [5.74, 6) is 0.979. The van der Waals surface area contributed by atoms with E-state index in [1.54, 1.807) is 0 Å². The predicted molar refractivity (Wildman–Crippen MR) is 95.2 cm³/mol. The highest BCUT2D eigenvalue weighted by atomic mass is 35.5. The van der Waals surface area contributed by atoms with Crippen LogP contribution < -0.4 is 4.74 Å². The Kier molecular flexibility index (Phi) is 4.39. The smallest absolute Gasteiger partial charge is 0.146 e. The first-order valence-corrected chi connectivity index (χ1v) is 8.08. The Hall–Kier alpha value is -1.55. The molecule has 2 heterocycles. The van der Waals surface area contributed by atoms with Crippen molar-refractivity contribution < 1.29 is 4.74 Å². The first-order valence-electron chi connectivity index (χ1n) is 7.20. The maximum atomic E-state index is 6.39. The van der Waals surface area contributed by atoms with Crippen LogP contribution in [0.5, 0.6) is 5.75 Å². The van der Waals surface area contributed by atoms with Crippen LogP contribution in [0.15, 0.2) is 53.9 Å². The van der Waals surface area contributed by atoms with Crippen LogP contribution in [-0.2, 0) is 6.54 Å². The third kappa shape index (κ3) is 2.72. The highest BCUT2D eigenvalue weighted by molar-refractivity contribution is 7.10. The zero-order valence-corrected chi connectivity index (χ0v) is 14.0. The summed E-state index contributed by atoms with van der Waals surface area (Å²) in [6, 6.07) is 16.9. The molecule has 0 saturated heterocycles. The Morgan fingerprint density at radius 2 is 1.91 bits per heavy atom. The molecule has 0 fully saturated rings. The molecule has 3 aromatic rings. The van der Waals surface area contributed by atoms with E-state index in [2.05, 4.69) is 65.9 Å². The molecule has 0 radical (unpaired) electrons. The molecule has 0 amide bonds. The summed E-state index contributed by atoms with van der Waals surface area (Å²) in [7, 11) is 2.15. The minimum Gasteiger partial charge on any atom is -0.483 e. The van der Waals surface area contributed by atoms with Crippen molar-refractivity contribution in [2.24, 2.45) is 0 Å². The summed E-state index contributed by atoms with van der Waals surface area (Å²) in [5, 5.41) is 4.58. The standard InChI is InChI=1S/C18H17NOS.ClH/c1-19-11-14-9-10-21-18(14)17(12-19)20-16-8-4-6-13-5-2-3-7-15(13)16;/h2-10,17H,11-12H2,1H3;1H. The van der Waals surface area contributed by atoms with Crippen molar-refractivity contribution in [1.82, 2.24) is 4.90 Å². The van der Waals surface area contributed by atoms with Crippen LogP contribution in [0.1, 0.15) is 16.5 Å². The second-order valence-electron chi connectivity index (χ2n) is 5.59. The number of thiophene rings is 1. The van der Waals surface area contributed by atoms with Gasteiger partial charge in [0.25, 0.3) is 0 Å². The van der Waals surface area contributed by atoms with E-state index in [0.717, 1.165) is 18.8 Å². The molecule has 1 atom stereocenters. The van der Waals surface area contributed by atoms with Crippen LogP contribution in [0.2, 0.25) is 0 Å². The third-order valence-electron chi connectivity index (χ3n) is 4.01. The van der Waals surface area contributed by atoms with Gasteiger partial charge in [0.2, 0.25) is 0 Å². The van der Waals surface area contributed by atoms with Crippen molar-refractivity contribution in [2.75, 3.05) is 13.6 Å². The molecule has 2 aromatic carbocycles. The molecule has 0 spiro atoms. The molecule has 4 heteroatoms. The van der Waals surface area contributed by atoms with Gasteiger partial charge >= 0.3 is 0 Å². The molecular formula is C18H18ClNOS. The van der Waals surface area contributed by atoms with Crippen LogP contribution in [0.3, 0.4) is 0 Å². The lowest BCUT2D eigenvalue weighted by molar-refractivity contribution is 0.134. The van der Waals surface area contributed by atoms with Gasteiger partial charge in [-0.05, 0) is 35.5 Å². The van der Waals surface area contributed by atoms with Crippen LogP contribution in [-0.4, -0.2) is 18.5 Å². The lowest BCUT2D eigenvalue weighted by Crippen LogP contribution is -2.31. The molecule has 1 unspecified atom stereocenters. The number of benzene rings is 2. The zero-order chi connectivity index (χ0) is 14.2. The summed E-state index contributed by atoms with van der Waals surface area (Å²) in [4.78, 5) is 3.70. The topological polar surface area (TPSA) is 12.5 Å². The fourth-order valence-electron chi connectivity index (χ4n) is 3.02. The average molecular weight is 332 g/mol. The van der Waals surface area contributed by atoms with Crippen molar-refractivity contribution in [3.8, 4) is 5.75 Å². The summed E-state index contributed by atoms with van der Waals surface area (Å²) in [6.07, 6.45) is 0.129. The van der Waals surface area contributed by atoms with Crippen molar-refractivity contribution in [3.05, 3.63) is 64.4 Å². The first kappa shape index (κ1) is 15.3. The predicted octanol–water partition coefficient (Wildman–Crippen LogP) is 4.89. The van der Waals surface area contributed by atoms with E-state index < -0.39 is 0 Å². The van der Waals surface area contributed by atoms with Crippen LogP contribution >= 0.6 is 23.7 Å². The molecule has 1 aromatic heterocycles. The van der Waals surface area contributed by atoms with Gasteiger partial charge in [-0.2, -0.15) is 0 Å². The lowest BCUT2D eigenvalue weighted by atomic mass is 10.1. The number of rotatable bonds is 2. The van der Waals surface area contributed by atoms with Gasteiger partial charge in [0.05, 0.1) is 4.88 Å². The Balaban J connectivity index is 0.00000144. The van der Waals surface area contributed by atoms with Gasteiger partial charge in [0.15, 0.2) is 0 Å². The monoisotopic (exact) mass is 331 g/mol. The molecule has 22 heavy (non-hydrogen) atoms. The largest absolute Gasteiger partial charge is 0.483 e. The van der Waals surface area contributed by atoms with E-state index in [0.29, 0.717) is 0 Å².